The Morgan fingerprint density at radius 3 is 2.75 bits per heavy atom. The van der Waals surface area contributed by atoms with Crippen molar-refractivity contribution in [2.24, 2.45) is 5.92 Å². The second-order valence-electron chi connectivity index (χ2n) is 6.50. The highest BCUT2D eigenvalue weighted by molar-refractivity contribution is 6.30. The van der Waals surface area contributed by atoms with E-state index in [1.165, 1.54) is 43.5 Å². The van der Waals surface area contributed by atoms with Crippen LogP contribution in [0.5, 0.6) is 0 Å². The van der Waals surface area contributed by atoms with E-state index < -0.39 is 0 Å². The van der Waals surface area contributed by atoms with Crippen molar-refractivity contribution in [2.75, 3.05) is 13.1 Å². The van der Waals surface area contributed by atoms with Gasteiger partial charge in [0.05, 0.1) is 0 Å². The van der Waals surface area contributed by atoms with Crippen LogP contribution >= 0.6 is 11.6 Å². The lowest BCUT2D eigenvalue weighted by Crippen LogP contribution is -2.50. The number of fused-ring (bicyclic) bond motifs is 4. The molecular weight excluding hydrogens is 270 g/mol. The average molecular weight is 290 g/mol. The van der Waals surface area contributed by atoms with Gasteiger partial charge in [0, 0.05) is 22.9 Å². The minimum absolute atomic E-state index is 0.139. The van der Waals surface area contributed by atoms with Gasteiger partial charge in [0.1, 0.15) is 5.78 Å². The number of nitrogens with zero attached hydrogens (tertiary/aromatic N) is 1. The molecule has 3 aliphatic rings. The van der Waals surface area contributed by atoms with Crippen LogP contribution in [0, 0.1) is 5.92 Å². The first-order valence-corrected chi connectivity index (χ1v) is 8.18. The number of carbonyl (C=O) groups is 1. The normalized spacial score (nSPS) is 33.2. The molecule has 1 aromatic carbocycles. The van der Waals surface area contributed by atoms with Gasteiger partial charge in [0.2, 0.25) is 0 Å². The molecule has 1 aliphatic heterocycles. The molecule has 0 N–H and O–H groups in total. The summed E-state index contributed by atoms with van der Waals surface area (Å²) in [5.41, 5.74) is 2.56. The van der Waals surface area contributed by atoms with Gasteiger partial charge in [-0.05, 0) is 68.5 Å². The number of ketones is 1. The van der Waals surface area contributed by atoms with E-state index in [4.69, 9.17) is 11.6 Å². The SMILES string of the molecule is O=C1[C@@H]2CC[C@H](N3CCCC3)[C@H]1Cc1cc(Cl)ccc12. The van der Waals surface area contributed by atoms with Crippen molar-refractivity contribution in [3.05, 3.63) is 34.3 Å². The van der Waals surface area contributed by atoms with E-state index in [9.17, 15) is 4.79 Å². The summed E-state index contributed by atoms with van der Waals surface area (Å²) in [6, 6.07) is 6.57. The molecule has 2 fully saturated rings. The van der Waals surface area contributed by atoms with Crippen LogP contribution in [-0.4, -0.2) is 29.8 Å². The Hall–Kier alpha value is -0.860. The average Bonchev–Trinajstić information content (AvgIpc) is 2.93. The van der Waals surface area contributed by atoms with E-state index in [0.29, 0.717) is 11.8 Å². The minimum atomic E-state index is 0.139. The summed E-state index contributed by atoms with van der Waals surface area (Å²) in [5.74, 6) is 0.834. The maximum Gasteiger partial charge on any atom is 0.145 e. The topological polar surface area (TPSA) is 20.3 Å². The standard InChI is InChI=1S/C17H20ClNO/c18-12-3-4-13-11(9-12)10-15-16(19-7-1-2-8-19)6-5-14(13)17(15)20/h3-4,9,14-16H,1-2,5-8,10H2/t14-,15-,16+/m1/s1. The van der Waals surface area contributed by atoms with Crippen molar-refractivity contribution in [3.8, 4) is 0 Å². The quantitative estimate of drug-likeness (QED) is 0.789. The molecule has 0 aromatic heterocycles. The summed E-state index contributed by atoms with van der Waals surface area (Å²) in [6.45, 7) is 2.36. The lowest BCUT2D eigenvalue weighted by Gasteiger charge is -2.43. The van der Waals surface area contributed by atoms with Gasteiger partial charge in [-0.1, -0.05) is 17.7 Å². The summed E-state index contributed by atoms with van der Waals surface area (Å²) in [6.07, 6.45) is 5.69. The number of hydrogen-bond donors (Lipinski definition) is 0. The van der Waals surface area contributed by atoms with Crippen LogP contribution in [0.25, 0.3) is 0 Å². The Balaban J connectivity index is 1.69. The fourth-order valence-electron chi connectivity index (χ4n) is 4.51. The lowest BCUT2D eigenvalue weighted by molar-refractivity contribution is -0.130. The predicted octanol–water partition coefficient (Wildman–Crippen LogP) is 3.42. The zero-order valence-electron chi connectivity index (χ0n) is 11.6. The highest BCUT2D eigenvalue weighted by atomic mass is 35.5. The second kappa shape index (κ2) is 4.85. The summed E-state index contributed by atoms with van der Waals surface area (Å²) >= 11 is 6.14. The molecule has 1 saturated carbocycles. The summed E-state index contributed by atoms with van der Waals surface area (Å²) in [4.78, 5) is 15.3. The van der Waals surface area contributed by atoms with E-state index in [2.05, 4.69) is 17.0 Å². The predicted molar refractivity (Wildman–Crippen MR) is 80.2 cm³/mol. The molecule has 106 valence electrons. The number of halogens is 1. The fraction of sp³-hybridized carbons (Fsp3) is 0.588. The van der Waals surface area contributed by atoms with Gasteiger partial charge in [0.15, 0.2) is 0 Å². The van der Waals surface area contributed by atoms with Gasteiger partial charge < -0.3 is 0 Å². The van der Waals surface area contributed by atoms with Crippen LogP contribution in [0.3, 0.4) is 0 Å². The Kier molecular flexibility index (Phi) is 3.12. The number of benzene rings is 1. The third-order valence-electron chi connectivity index (χ3n) is 5.45. The number of Topliss-reactive ketones (excluding diaryl/α,β-unsaturated/α-hetero) is 1. The summed E-state index contributed by atoms with van der Waals surface area (Å²) < 4.78 is 0. The van der Waals surface area contributed by atoms with Crippen LogP contribution < -0.4 is 0 Å². The number of hydrogen-bond acceptors (Lipinski definition) is 2. The maximum atomic E-state index is 12.8. The molecule has 3 atom stereocenters. The molecule has 0 unspecified atom stereocenters. The van der Waals surface area contributed by atoms with E-state index in [1.807, 2.05) is 6.07 Å². The first-order chi connectivity index (χ1) is 9.74. The molecule has 20 heavy (non-hydrogen) atoms. The van der Waals surface area contributed by atoms with Crippen molar-refractivity contribution in [1.82, 2.24) is 4.90 Å². The van der Waals surface area contributed by atoms with Gasteiger partial charge in [-0.25, -0.2) is 0 Å². The van der Waals surface area contributed by atoms with Gasteiger partial charge in [-0.15, -0.1) is 0 Å². The Bertz CT molecular complexity index is 550. The van der Waals surface area contributed by atoms with Crippen LogP contribution in [0.1, 0.15) is 42.7 Å². The molecule has 2 bridgehead atoms. The Morgan fingerprint density at radius 2 is 1.95 bits per heavy atom. The van der Waals surface area contributed by atoms with Crippen LogP contribution in [-0.2, 0) is 11.2 Å². The largest absolute Gasteiger partial charge is 0.300 e. The zero-order valence-corrected chi connectivity index (χ0v) is 12.4. The molecule has 3 heteroatoms. The van der Waals surface area contributed by atoms with Crippen molar-refractivity contribution in [2.45, 2.75) is 44.1 Å². The van der Waals surface area contributed by atoms with E-state index in [-0.39, 0.29) is 11.8 Å². The van der Waals surface area contributed by atoms with Crippen molar-refractivity contribution in [1.29, 1.82) is 0 Å². The molecule has 4 rings (SSSR count). The molecule has 1 heterocycles. The van der Waals surface area contributed by atoms with Gasteiger partial charge >= 0.3 is 0 Å². The third kappa shape index (κ3) is 1.93. The number of likely N-dealkylation sites (tertiary alicyclic amines) is 1. The van der Waals surface area contributed by atoms with Crippen LogP contribution in [0.15, 0.2) is 18.2 Å². The molecule has 1 saturated heterocycles. The van der Waals surface area contributed by atoms with Gasteiger partial charge in [0.25, 0.3) is 0 Å². The monoisotopic (exact) mass is 289 g/mol. The second-order valence-corrected chi connectivity index (χ2v) is 6.93. The molecule has 1 aromatic rings. The van der Waals surface area contributed by atoms with Crippen molar-refractivity contribution in [3.63, 3.8) is 0 Å². The van der Waals surface area contributed by atoms with Crippen molar-refractivity contribution < 1.29 is 4.79 Å². The third-order valence-corrected chi connectivity index (χ3v) is 5.69. The van der Waals surface area contributed by atoms with Gasteiger partial charge in [-0.2, -0.15) is 0 Å². The molecule has 2 aliphatic carbocycles. The molecule has 0 amide bonds. The Labute approximate surface area is 125 Å². The first kappa shape index (κ1) is 12.8. The molecular formula is C17H20ClNO. The minimum Gasteiger partial charge on any atom is -0.300 e. The highest BCUT2D eigenvalue weighted by Gasteiger charge is 2.45. The first-order valence-electron chi connectivity index (χ1n) is 7.80. The summed E-state index contributed by atoms with van der Waals surface area (Å²) in [5, 5.41) is 0.800. The van der Waals surface area contributed by atoms with Crippen LogP contribution in [0.2, 0.25) is 5.02 Å². The van der Waals surface area contributed by atoms with E-state index in [1.54, 1.807) is 0 Å². The number of carbonyl (C=O) groups excluding carboxylic acids is 1. The zero-order chi connectivity index (χ0) is 13.7. The Morgan fingerprint density at radius 1 is 1.15 bits per heavy atom. The van der Waals surface area contributed by atoms with E-state index in [0.717, 1.165) is 17.9 Å². The van der Waals surface area contributed by atoms with Crippen LogP contribution in [0.4, 0.5) is 0 Å². The van der Waals surface area contributed by atoms with Gasteiger partial charge in [-0.3, -0.25) is 9.69 Å². The summed E-state index contributed by atoms with van der Waals surface area (Å²) in [7, 11) is 0. The smallest absolute Gasteiger partial charge is 0.145 e. The van der Waals surface area contributed by atoms with Crippen molar-refractivity contribution >= 4 is 17.4 Å². The molecule has 0 spiro atoms. The maximum absolute atomic E-state index is 12.8. The van der Waals surface area contributed by atoms with E-state index >= 15 is 0 Å². The molecule has 2 nitrogen and oxygen atoms in total. The number of rotatable bonds is 1. The highest BCUT2D eigenvalue weighted by Crippen LogP contribution is 2.44. The fourth-order valence-corrected chi connectivity index (χ4v) is 4.71. The lowest BCUT2D eigenvalue weighted by atomic mass is 9.66. The molecule has 0 radical (unpaired) electrons.